The van der Waals surface area contributed by atoms with Crippen molar-refractivity contribution in [2.45, 2.75) is 39.7 Å². The van der Waals surface area contributed by atoms with Crippen molar-refractivity contribution < 1.29 is 9.90 Å². The zero-order valence-corrected chi connectivity index (χ0v) is 10.0. The van der Waals surface area contributed by atoms with Crippen LogP contribution in [0.2, 0.25) is 0 Å². The molecule has 0 aromatic carbocycles. The summed E-state index contributed by atoms with van der Waals surface area (Å²) in [6, 6.07) is 0.329. The Morgan fingerprint density at radius 1 is 1.40 bits per heavy atom. The molecular formula is C11H24N2O2. The van der Waals surface area contributed by atoms with Crippen molar-refractivity contribution in [1.29, 1.82) is 0 Å². The van der Waals surface area contributed by atoms with E-state index in [9.17, 15) is 4.79 Å². The van der Waals surface area contributed by atoms with Gasteiger partial charge in [0.1, 0.15) is 0 Å². The Kier molecular flexibility index (Phi) is 8.33. The lowest BCUT2D eigenvalue weighted by atomic mass is 10.0. The van der Waals surface area contributed by atoms with Crippen LogP contribution in [0.5, 0.6) is 0 Å². The molecule has 0 aromatic rings. The van der Waals surface area contributed by atoms with E-state index in [0.717, 1.165) is 12.8 Å². The van der Waals surface area contributed by atoms with Gasteiger partial charge in [-0.25, -0.2) is 0 Å². The van der Waals surface area contributed by atoms with Gasteiger partial charge < -0.3 is 15.7 Å². The Hall–Kier alpha value is -0.610. The Balaban J connectivity index is 3.59. The summed E-state index contributed by atoms with van der Waals surface area (Å²) in [5.74, 6) is 0.415. The minimum atomic E-state index is 0.0279. The average Bonchev–Trinajstić information content (AvgIpc) is 2.21. The fourth-order valence-corrected chi connectivity index (χ4v) is 1.25. The van der Waals surface area contributed by atoms with Crippen molar-refractivity contribution >= 4 is 5.91 Å². The molecule has 4 heteroatoms. The molecule has 0 saturated heterocycles. The van der Waals surface area contributed by atoms with E-state index in [4.69, 9.17) is 5.11 Å². The van der Waals surface area contributed by atoms with Gasteiger partial charge >= 0.3 is 0 Å². The largest absolute Gasteiger partial charge is 0.396 e. The second kappa shape index (κ2) is 8.68. The van der Waals surface area contributed by atoms with Crippen molar-refractivity contribution in [3.63, 3.8) is 0 Å². The van der Waals surface area contributed by atoms with Gasteiger partial charge in [0, 0.05) is 19.2 Å². The average molecular weight is 216 g/mol. The maximum absolute atomic E-state index is 11.3. The number of carbonyl (C=O) groups excluding carboxylic acids is 1. The molecule has 0 radical (unpaired) electrons. The van der Waals surface area contributed by atoms with Crippen LogP contribution in [0.4, 0.5) is 0 Å². The quantitative estimate of drug-likeness (QED) is 0.554. The molecule has 0 spiro atoms. The normalized spacial score (nSPS) is 12.9. The lowest BCUT2D eigenvalue weighted by molar-refractivity contribution is -0.120. The van der Waals surface area contributed by atoms with Crippen LogP contribution in [0.15, 0.2) is 0 Å². The second-order valence-corrected chi connectivity index (χ2v) is 4.13. The SMILES string of the molecule is CCC(CCO)CNC(=O)CNC(C)C. The van der Waals surface area contributed by atoms with Gasteiger partial charge in [0.15, 0.2) is 0 Å². The number of hydrogen-bond donors (Lipinski definition) is 3. The maximum Gasteiger partial charge on any atom is 0.233 e. The Morgan fingerprint density at radius 3 is 2.53 bits per heavy atom. The lowest BCUT2D eigenvalue weighted by Gasteiger charge is -2.15. The second-order valence-electron chi connectivity index (χ2n) is 4.13. The molecule has 0 aliphatic rings. The van der Waals surface area contributed by atoms with Crippen molar-refractivity contribution in [1.82, 2.24) is 10.6 Å². The molecule has 0 heterocycles. The highest BCUT2D eigenvalue weighted by molar-refractivity contribution is 5.77. The lowest BCUT2D eigenvalue weighted by Crippen LogP contribution is -2.38. The summed E-state index contributed by atoms with van der Waals surface area (Å²) >= 11 is 0. The Labute approximate surface area is 92.4 Å². The van der Waals surface area contributed by atoms with Crippen molar-refractivity contribution in [3.05, 3.63) is 0 Å². The number of carbonyl (C=O) groups is 1. The first kappa shape index (κ1) is 14.4. The zero-order valence-electron chi connectivity index (χ0n) is 10.0. The van der Waals surface area contributed by atoms with Gasteiger partial charge in [-0.2, -0.15) is 0 Å². The summed E-state index contributed by atoms with van der Waals surface area (Å²) in [5, 5.41) is 14.7. The van der Waals surface area contributed by atoms with E-state index in [-0.39, 0.29) is 12.5 Å². The Morgan fingerprint density at radius 2 is 2.07 bits per heavy atom. The zero-order chi connectivity index (χ0) is 11.7. The molecule has 1 amide bonds. The van der Waals surface area contributed by atoms with Gasteiger partial charge in [0.05, 0.1) is 6.54 Å². The molecule has 0 aliphatic carbocycles. The third-order valence-corrected chi connectivity index (χ3v) is 2.37. The highest BCUT2D eigenvalue weighted by Crippen LogP contribution is 2.05. The van der Waals surface area contributed by atoms with Crippen LogP contribution >= 0.6 is 0 Å². The topological polar surface area (TPSA) is 61.4 Å². The van der Waals surface area contributed by atoms with E-state index in [2.05, 4.69) is 17.6 Å². The number of aliphatic hydroxyl groups excluding tert-OH is 1. The molecular weight excluding hydrogens is 192 g/mol. The summed E-state index contributed by atoms with van der Waals surface area (Å²) in [6.07, 6.45) is 1.74. The maximum atomic E-state index is 11.3. The molecule has 0 aliphatic heterocycles. The molecule has 0 aromatic heterocycles. The molecule has 0 bridgehead atoms. The first-order valence-corrected chi connectivity index (χ1v) is 5.71. The highest BCUT2D eigenvalue weighted by atomic mass is 16.3. The van der Waals surface area contributed by atoms with Crippen LogP contribution in [0, 0.1) is 5.92 Å². The van der Waals surface area contributed by atoms with Crippen molar-refractivity contribution in [3.8, 4) is 0 Å². The van der Waals surface area contributed by atoms with Crippen molar-refractivity contribution in [2.24, 2.45) is 5.92 Å². The van der Waals surface area contributed by atoms with E-state index in [1.165, 1.54) is 0 Å². The third kappa shape index (κ3) is 8.39. The number of amides is 1. The fraction of sp³-hybridized carbons (Fsp3) is 0.909. The van der Waals surface area contributed by atoms with Crippen LogP contribution in [0.3, 0.4) is 0 Å². The predicted molar refractivity (Wildman–Crippen MR) is 61.6 cm³/mol. The fourth-order valence-electron chi connectivity index (χ4n) is 1.25. The van der Waals surface area contributed by atoms with Gasteiger partial charge in [0.25, 0.3) is 0 Å². The minimum absolute atomic E-state index is 0.0279. The molecule has 0 fully saturated rings. The first-order valence-electron chi connectivity index (χ1n) is 5.71. The van der Waals surface area contributed by atoms with Crippen LogP contribution < -0.4 is 10.6 Å². The van der Waals surface area contributed by atoms with Crippen LogP contribution in [0.1, 0.15) is 33.6 Å². The minimum Gasteiger partial charge on any atom is -0.396 e. The highest BCUT2D eigenvalue weighted by Gasteiger charge is 2.07. The van der Waals surface area contributed by atoms with Gasteiger partial charge in [0.2, 0.25) is 5.91 Å². The molecule has 3 N–H and O–H groups in total. The summed E-state index contributed by atoms with van der Waals surface area (Å²) in [5.41, 5.74) is 0. The monoisotopic (exact) mass is 216 g/mol. The molecule has 4 nitrogen and oxygen atoms in total. The molecule has 1 atom stereocenters. The molecule has 15 heavy (non-hydrogen) atoms. The van der Waals surface area contributed by atoms with E-state index in [1.807, 2.05) is 13.8 Å². The van der Waals surface area contributed by atoms with E-state index >= 15 is 0 Å². The number of aliphatic hydroxyl groups is 1. The summed E-state index contributed by atoms with van der Waals surface area (Å²) < 4.78 is 0. The standard InChI is InChI=1S/C11H24N2O2/c1-4-10(5-6-14)7-13-11(15)8-12-9(2)3/h9-10,12,14H,4-8H2,1-3H3,(H,13,15). The molecule has 90 valence electrons. The molecule has 1 unspecified atom stereocenters. The van der Waals surface area contributed by atoms with E-state index in [1.54, 1.807) is 0 Å². The van der Waals surface area contributed by atoms with Crippen LogP contribution in [0.25, 0.3) is 0 Å². The smallest absolute Gasteiger partial charge is 0.233 e. The van der Waals surface area contributed by atoms with Gasteiger partial charge in [-0.15, -0.1) is 0 Å². The number of hydrogen-bond acceptors (Lipinski definition) is 3. The number of rotatable bonds is 8. The summed E-state index contributed by atoms with van der Waals surface area (Å²) in [6.45, 7) is 7.31. The van der Waals surface area contributed by atoms with Gasteiger partial charge in [-0.1, -0.05) is 27.2 Å². The van der Waals surface area contributed by atoms with Crippen LogP contribution in [-0.2, 0) is 4.79 Å². The summed E-state index contributed by atoms with van der Waals surface area (Å²) in [4.78, 5) is 11.3. The predicted octanol–water partition coefficient (Wildman–Crippen LogP) is 0.509. The van der Waals surface area contributed by atoms with Crippen molar-refractivity contribution in [2.75, 3.05) is 19.7 Å². The van der Waals surface area contributed by atoms with Gasteiger partial charge in [-0.3, -0.25) is 4.79 Å². The molecule has 0 saturated carbocycles. The van der Waals surface area contributed by atoms with Crippen LogP contribution in [-0.4, -0.2) is 36.8 Å². The van der Waals surface area contributed by atoms with E-state index in [0.29, 0.717) is 25.0 Å². The third-order valence-electron chi connectivity index (χ3n) is 2.37. The first-order chi connectivity index (χ1) is 7.10. The number of nitrogens with one attached hydrogen (secondary N) is 2. The molecule has 0 rings (SSSR count). The summed E-state index contributed by atoms with van der Waals surface area (Å²) in [7, 11) is 0. The Bertz CT molecular complexity index is 172. The van der Waals surface area contributed by atoms with E-state index < -0.39 is 0 Å². The van der Waals surface area contributed by atoms with Gasteiger partial charge in [-0.05, 0) is 12.3 Å².